The third-order valence-electron chi connectivity index (χ3n) is 3.16. The molecule has 1 heterocycles. The smallest absolute Gasteiger partial charge is 0.178 e. The molecule has 3 aromatic rings. The van der Waals surface area contributed by atoms with Crippen molar-refractivity contribution in [2.75, 3.05) is 0 Å². The van der Waals surface area contributed by atoms with Gasteiger partial charge in [-0.1, -0.05) is 29.8 Å². The van der Waals surface area contributed by atoms with Crippen molar-refractivity contribution in [2.45, 2.75) is 6.54 Å². The maximum Gasteiger partial charge on any atom is 0.178 e. The Kier molecular flexibility index (Phi) is 3.31. The zero-order valence-corrected chi connectivity index (χ0v) is 12.0. The quantitative estimate of drug-likeness (QED) is 0.718. The topological polar surface area (TPSA) is 44.5 Å². The Morgan fingerprint density at radius 3 is 2.85 bits per heavy atom. The summed E-state index contributed by atoms with van der Waals surface area (Å²) >= 11 is 11.5. The van der Waals surface area contributed by atoms with Crippen molar-refractivity contribution in [3.8, 4) is 6.07 Å². The lowest BCUT2D eigenvalue weighted by Gasteiger charge is -2.05. The zero-order valence-electron chi connectivity index (χ0n) is 10.4. The molecule has 0 saturated carbocycles. The maximum absolute atomic E-state index is 8.95. The number of nitrogens with zero attached hydrogens (tertiary/aromatic N) is 2. The van der Waals surface area contributed by atoms with Gasteiger partial charge in [-0.05, 0) is 42.0 Å². The van der Waals surface area contributed by atoms with Crippen molar-refractivity contribution in [1.82, 2.24) is 9.55 Å². The van der Waals surface area contributed by atoms with E-state index in [0.29, 0.717) is 21.9 Å². The molecule has 20 heavy (non-hydrogen) atoms. The van der Waals surface area contributed by atoms with Gasteiger partial charge in [-0.2, -0.15) is 5.26 Å². The number of fused-ring (bicyclic) bond motifs is 1. The third kappa shape index (κ3) is 2.22. The van der Waals surface area contributed by atoms with Crippen LogP contribution in [-0.4, -0.2) is 9.55 Å². The van der Waals surface area contributed by atoms with E-state index in [2.05, 4.69) is 11.1 Å². The van der Waals surface area contributed by atoms with E-state index in [1.165, 1.54) is 0 Å². The Hall–Kier alpha value is -2.09. The molecule has 0 atom stereocenters. The molecule has 5 heteroatoms. The average molecular weight is 300 g/mol. The fraction of sp³-hybridized carbons (Fsp3) is 0.0667. The molecular weight excluding hydrogens is 290 g/mol. The van der Waals surface area contributed by atoms with Crippen LogP contribution in [0.5, 0.6) is 0 Å². The van der Waals surface area contributed by atoms with Gasteiger partial charge < -0.3 is 9.55 Å². The predicted octanol–water partition coefficient (Wildman–Crippen LogP) is 4.27. The highest BCUT2D eigenvalue weighted by Gasteiger charge is 2.07. The van der Waals surface area contributed by atoms with Gasteiger partial charge >= 0.3 is 0 Å². The molecule has 0 amide bonds. The number of rotatable bonds is 2. The molecule has 2 aromatic carbocycles. The lowest BCUT2D eigenvalue weighted by molar-refractivity contribution is 0.810. The first-order valence-corrected chi connectivity index (χ1v) is 6.84. The molecule has 0 aliphatic carbocycles. The second-order valence-corrected chi connectivity index (χ2v) is 5.26. The summed E-state index contributed by atoms with van der Waals surface area (Å²) in [6.45, 7) is 0.606. The minimum Gasteiger partial charge on any atom is -0.329 e. The fourth-order valence-corrected chi connectivity index (χ4v) is 2.71. The number of H-pyrrole nitrogens is 1. The molecule has 1 N–H and O–H groups in total. The Morgan fingerprint density at radius 2 is 2.05 bits per heavy atom. The van der Waals surface area contributed by atoms with E-state index in [1.54, 1.807) is 6.07 Å². The van der Waals surface area contributed by atoms with Gasteiger partial charge in [0.25, 0.3) is 0 Å². The molecule has 3 nitrogen and oxygen atoms in total. The highest BCUT2D eigenvalue weighted by Crippen LogP contribution is 2.23. The molecule has 3 rings (SSSR count). The second-order valence-electron chi connectivity index (χ2n) is 4.46. The molecule has 0 aliphatic heterocycles. The van der Waals surface area contributed by atoms with E-state index in [9.17, 15) is 0 Å². The summed E-state index contributed by atoms with van der Waals surface area (Å²) < 4.78 is 2.60. The van der Waals surface area contributed by atoms with Gasteiger partial charge in [0.2, 0.25) is 0 Å². The zero-order chi connectivity index (χ0) is 14.1. The number of benzene rings is 2. The van der Waals surface area contributed by atoms with Crippen molar-refractivity contribution < 1.29 is 0 Å². The Bertz CT molecular complexity index is 886. The van der Waals surface area contributed by atoms with Crippen LogP contribution >= 0.6 is 23.8 Å². The summed E-state index contributed by atoms with van der Waals surface area (Å²) in [5.41, 5.74) is 3.48. The van der Waals surface area contributed by atoms with E-state index in [4.69, 9.17) is 29.1 Å². The molecule has 0 aliphatic rings. The molecule has 0 radical (unpaired) electrons. The van der Waals surface area contributed by atoms with Crippen LogP contribution in [0, 0.1) is 16.1 Å². The molecule has 0 bridgehead atoms. The van der Waals surface area contributed by atoms with E-state index >= 15 is 0 Å². The predicted molar refractivity (Wildman–Crippen MR) is 82.4 cm³/mol. The van der Waals surface area contributed by atoms with Gasteiger partial charge in [-0.15, -0.1) is 0 Å². The SMILES string of the molecule is N#Cc1cccc(Cn2c(=S)[nH]c3c(Cl)cccc32)c1. The molecule has 1 aromatic heterocycles. The van der Waals surface area contributed by atoms with Crippen LogP contribution in [0.2, 0.25) is 5.02 Å². The van der Waals surface area contributed by atoms with Gasteiger partial charge in [0, 0.05) is 0 Å². The summed E-state index contributed by atoms with van der Waals surface area (Å²) in [4.78, 5) is 3.13. The number of para-hydroxylation sites is 1. The van der Waals surface area contributed by atoms with E-state index in [1.807, 2.05) is 41.0 Å². The normalized spacial score (nSPS) is 10.6. The summed E-state index contributed by atoms with van der Waals surface area (Å²) in [6.07, 6.45) is 0. The van der Waals surface area contributed by atoms with Crippen LogP contribution in [0.4, 0.5) is 0 Å². The number of nitrogens with one attached hydrogen (secondary N) is 1. The van der Waals surface area contributed by atoms with Gasteiger partial charge in [0.05, 0.1) is 34.2 Å². The van der Waals surface area contributed by atoms with Crippen LogP contribution in [0.15, 0.2) is 42.5 Å². The number of aromatic amines is 1. The molecular formula is C15H10ClN3S. The monoisotopic (exact) mass is 299 g/mol. The van der Waals surface area contributed by atoms with Crippen molar-refractivity contribution >= 4 is 34.9 Å². The number of hydrogen-bond acceptors (Lipinski definition) is 2. The lowest BCUT2D eigenvalue weighted by Crippen LogP contribution is -1.99. The second kappa shape index (κ2) is 5.12. The highest BCUT2D eigenvalue weighted by molar-refractivity contribution is 7.71. The van der Waals surface area contributed by atoms with E-state index in [-0.39, 0.29) is 0 Å². The standard InChI is InChI=1S/C15H10ClN3S/c16-12-5-2-6-13-14(12)18-15(20)19(13)9-11-4-1-3-10(7-11)8-17/h1-7H,9H2,(H,18,20). The molecule has 0 unspecified atom stereocenters. The van der Waals surface area contributed by atoms with Crippen molar-refractivity contribution in [3.63, 3.8) is 0 Å². The minimum atomic E-state index is 0.606. The van der Waals surface area contributed by atoms with Gasteiger partial charge in [0.1, 0.15) is 0 Å². The van der Waals surface area contributed by atoms with Crippen molar-refractivity contribution in [3.05, 3.63) is 63.4 Å². The Labute approximate surface area is 126 Å². The minimum absolute atomic E-state index is 0.606. The number of imidazole rings is 1. The lowest BCUT2D eigenvalue weighted by atomic mass is 10.1. The Balaban J connectivity index is 2.11. The van der Waals surface area contributed by atoms with Crippen LogP contribution in [0.25, 0.3) is 11.0 Å². The van der Waals surface area contributed by atoms with Crippen molar-refractivity contribution in [2.24, 2.45) is 0 Å². The fourth-order valence-electron chi connectivity index (χ4n) is 2.22. The van der Waals surface area contributed by atoms with Gasteiger partial charge in [-0.3, -0.25) is 0 Å². The largest absolute Gasteiger partial charge is 0.329 e. The molecule has 0 spiro atoms. The van der Waals surface area contributed by atoms with Crippen molar-refractivity contribution in [1.29, 1.82) is 5.26 Å². The van der Waals surface area contributed by atoms with Crippen LogP contribution in [0.3, 0.4) is 0 Å². The molecule has 0 fully saturated rings. The van der Waals surface area contributed by atoms with Crippen LogP contribution < -0.4 is 0 Å². The Morgan fingerprint density at radius 1 is 1.25 bits per heavy atom. The highest BCUT2D eigenvalue weighted by atomic mass is 35.5. The first-order valence-electron chi connectivity index (χ1n) is 6.05. The average Bonchev–Trinajstić information content (AvgIpc) is 2.78. The van der Waals surface area contributed by atoms with Gasteiger partial charge in [0.15, 0.2) is 4.77 Å². The van der Waals surface area contributed by atoms with E-state index < -0.39 is 0 Å². The summed E-state index contributed by atoms with van der Waals surface area (Å²) in [7, 11) is 0. The van der Waals surface area contributed by atoms with Gasteiger partial charge in [-0.25, -0.2) is 0 Å². The summed E-state index contributed by atoms with van der Waals surface area (Å²) in [5.74, 6) is 0. The summed E-state index contributed by atoms with van der Waals surface area (Å²) in [6, 6.07) is 15.4. The summed E-state index contributed by atoms with van der Waals surface area (Å²) in [5, 5.41) is 9.60. The number of hydrogen-bond donors (Lipinski definition) is 1. The first kappa shape index (κ1) is 12.9. The molecule has 98 valence electrons. The number of nitriles is 1. The van der Waals surface area contributed by atoms with E-state index in [0.717, 1.165) is 16.6 Å². The number of halogens is 1. The molecule has 0 saturated heterocycles. The number of aromatic nitrogens is 2. The maximum atomic E-state index is 8.95. The van der Waals surface area contributed by atoms with Crippen LogP contribution in [0.1, 0.15) is 11.1 Å². The third-order valence-corrected chi connectivity index (χ3v) is 3.79. The van der Waals surface area contributed by atoms with Crippen LogP contribution in [-0.2, 0) is 6.54 Å². The first-order chi connectivity index (χ1) is 9.69.